The highest BCUT2D eigenvalue weighted by molar-refractivity contribution is 7.91. The quantitative estimate of drug-likeness (QED) is 0.547. The van der Waals surface area contributed by atoms with Crippen molar-refractivity contribution in [2.75, 3.05) is 25.7 Å². The molecule has 7 nitrogen and oxygen atoms in total. The van der Waals surface area contributed by atoms with Gasteiger partial charge in [0.25, 0.3) is 0 Å². The molecule has 1 unspecified atom stereocenters. The minimum Gasteiger partial charge on any atom is -0.480 e. The smallest absolute Gasteiger partial charge is 0.326 e. The first-order valence-corrected chi connectivity index (χ1v) is 7.01. The second-order valence-electron chi connectivity index (χ2n) is 3.66. The highest BCUT2D eigenvalue weighted by atomic mass is 32.2. The molecule has 0 fully saturated rings. The molecule has 0 aromatic heterocycles. The molecule has 0 radical (unpaired) electrons. The Balaban J connectivity index is 4.25. The largest absolute Gasteiger partial charge is 0.480 e. The monoisotopic (exact) mass is 267 g/mol. The van der Waals surface area contributed by atoms with Crippen molar-refractivity contribution in [3.63, 3.8) is 0 Å². The summed E-state index contributed by atoms with van der Waals surface area (Å²) in [4.78, 5) is 22.0. The molecule has 8 heteroatoms. The molecule has 17 heavy (non-hydrogen) atoms. The average molecular weight is 267 g/mol. The number of carboxylic acid groups (broad SMARTS) is 1. The van der Waals surface area contributed by atoms with Gasteiger partial charge in [0.05, 0.1) is 0 Å². The van der Waals surface area contributed by atoms with Crippen LogP contribution in [-0.2, 0) is 24.2 Å². The molecule has 0 spiro atoms. The SMILES string of the molecule is COCCCC(NC(=O)CS(C)(=O)=O)C(=O)O. The Kier molecular flexibility index (Phi) is 6.74. The Labute approximate surface area is 100 Å². The van der Waals surface area contributed by atoms with Crippen LogP contribution in [0.25, 0.3) is 0 Å². The molecule has 1 amide bonds. The summed E-state index contributed by atoms with van der Waals surface area (Å²) in [7, 11) is -1.97. The number of aliphatic carboxylic acids is 1. The number of methoxy groups -OCH3 is 1. The number of sulfone groups is 1. The van der Waals surface area contributed by atoms with Gasteiger partial charge in [0, 0.05) is 20.0 Å². The second-order valence-corrected chi connectivity index (χ2v) is 5.80. The molecule has 100 valence electrons. The summed E-state index contributed by atoms with van der Waals surface area (Å²) in [6.45, 7) is 0.381. The van der Waals surface area contributed by atoms with E-state index in [9.17, 15) is 18.0 Å². The third-order valence-electron chi connectivity index (χ3n) is 1.87. The summed E-state index contributed by atoms with van der Waals surface area (Å²) in [6, 6.07) is -1.08. The van der Waals surface area contributed by atoms with E-state index in [4.69, 9.17) is 9.84 Å². The Morgan fingerprint density at radius 2 is 2.00 bits per heavy atom. The number of ether oxygens (including phenoxy) is 1. The van der Waals surface area contributed by atoms with Crippen molar-refractivity contribution >= 4 is 21.7 Å². The molecule has 0 aromatic carbocycles. The summed E-state index contributed by atoms with van der Waals surface area (Å²) in [5.74, 6) is -2.71. The third-order valence-corrected chi connectivity index (χ3v) is 2.65. The molecule has 0 aliphatic rings. The van der Waals surface area contributed by atoms with E-state index in [1.54, 1.807) is 0 Å². The van der Waals surface area contributed by atoms with Gasteiger partial charge < -0.3 is 15.2 Å². The van der Waals surface area contributed by atoms with Crippen LogP contribution < -0.4 is 5.32 Å². The summed E-state index contributed by atoms with van der Waals surface area (Å²) >= 11 is 0. The zero-order valence-corrected chi connectivity index (χ0v) is 10.6. The lowest BCUT2D eigenvalue weighted by atomic mass is 10.1. The molecule has 0 aromatic rings. The van der Waals surface area contributed by atoms with Crippen LogP contribution in [0.3, 0.4) is 0 Å². The van der Waals surface area contributed by atoms with E-state index in [-0.39, 0.29) is 6.42 Å². The summed E-state index contributed by atoms with van der Waals surface area (Å²) in [6.07, 6.45) is 1.57. The first kappa shape index (κ1) is 15.9. The Morgan fingerprint density at radius 1 is 1.41 bits per heavy atom. The Bertz CT molecular complexity index is 364. The lowest BCUT2D eigenvalue weighted by Crippen LogP contribution is -2.43. The fourth-order valence-electron chi connectivity index (χ4n) is 1.16. The number of carbonyl (C=O) groups excluding carboxylic acids is 1. The van der Waals surface area contributed by atoms with Crippen LogP contribution >= 0.6 is 0 Å². The normalized spacial score (nSPS) is 13.1. The van der Waals surface area contributed by atoms with Crippen LogP contribution in [0.2, 0.25) is 0 Å². The maximum atomic E-state index is 11.2. The highest BCUT2D eigenvalue weighted by Gasteiger charge is 2.21. The summed E-state index contributed by atoms with van der Waals surface area (Å²) < 4.78 is 26.4. The van der Waals surface area contributed by atoms with Crippen molar-refractivity contribution in [3.8, 4) is 0 Å². The molecule has 0 saturated carbocycles. The number of hydrogen-bond donors (Lipinski definition) is 2. The van der Waals surface area contributed by atoms with Crippen LogP contribution in [0, 0.1) is 0 Å². The second kappa shape index (κ2) is 7.23. The number of amides is 1. The van der Waals surface area contributed by atoms with Crippen molar-refractivity contribution in [2.24, 2.45) is 0 Å². The number of hydrogen-bond acceptors (Lipinski definition) is 5. The van der Waals surface area contributed by atoms with Gasteiger partial charge in [-0.2, -0.15) is 0 Å². The van der Waals surface area contributed by atoms with Gasteiger partial charge in [0.15, 0.2) is 9.84 Å². The maximum Gasteiger partial charge on any atom is 0.326 e. The van der Waals surface area contributed by atoms with E-state index < -0.39 is 33.5 Å². The molecular formula is C9H17NO6S. The van der Waals surface area contributed by atoms with Crippen LogP contribution in [0.15, 0.2) is 0 Å². The fraction of sp³-hybridized carbons (Fsp3) is 0.778. The van der Waals surface area contributed by atoms with Gasteiger partial charge in [-0.05, 0) is 12.8 Å². The average Bonchev–Trinajstić information content (AvgIpc) is 2.13. The molecule has 0 heterocycles. The van der Waals surface area contributed by atoms with Crippen molar-refractivity contribution < 1.29 is 27.9 Å². The molecule has 0 bridgehead atoms. The predicted molar refractivity (Wildman–Crippen MR) is 60.4 cm³/mol. The van der Waals surface area contributed by atoms with Crippen LogP contribution in [0.1, 0.15) is 12.8 Å². The Morgan fingerprint density at radius 3 is 2.41 bits per heavy atom. The van der Waals surface area contributed by atoms with Gasteiger partial charge in [-0.3, -0.25) is 4.79 Å². The van der Waals surface area contributed by atoms with E-state index in [1.165, 1.54) is 7.11 Å². The lowest BCUT2D eigenvalue weighted by molar-refractivity contribution is -0.141. The first-order valence-electron chi connectivity index (χ1n) is 4.95. The molecule has 0 saturated heterocycles. The topological polar surface area (TPSA) is 110 Å². The van der Waals surface area contributed by atoms with E-state index >= 15 is 0 Å². The zero-order valence-electron chi connectivity index (χ0n) is 9.80. The summed E-state index contributed by atoms with van der Waals surface area (Å²) in [5.41, 5.74) is 0. The van der Waals surface area contributed by atoms with E-state index in [0.717, 1.165) is 6.26 Å². The van der Waals surface area contributed by atoms with Gasteiger partial charge in [0.2, 0.25) is 5.91 Å². The van der Waals surface area contributed by atoms with Crippen molar-refractivity contribution in [1.29, 1.82) is 0 Å². The van der Waals surface area contributed by atoms with Gasteiger partial charge in [-0.1, -0.05) is 0 Å². The summed E-state index contributed by atoms with van der Waals surface area (Å²) in [5, 5.41) is 11.0. The minimum atomic E-state index is -3.45. The minimum absolute atomic E-state index is 0.193. The van der Waals surface area contributed by atoms with Crippen molar-refractivity contribution in [3.05, 3.63) is 0 Å². The zero-order chi connectivity index (χ0) is 13.5. The van der Waals surface area contributed by atoms with E-state index in [0.29, 0.717) is 13.0 Å². The molecule has 0 aliphatic carbocycles. The van der Waals surface area contributed by atoms with Crippen molar-refractivity contribution in [2.45, 2.75) is 18.9 Å². The van der Waals surface area contributed by atoms with Crippen LogP contribution in [0.5, 0.6) is 0 Å². The fourth-order valence-corrected chi connectivity index (χ4v) is 1.72. The molecule has 0 aliphatic heterocycles. The van der Waals surface area contributed by atoms with E-state index in [2.05, 4.69) is 5.32 Å². The van der Waals surface area contributed by atoms with Crippen molar-refractivity contribution in [1.82, 2.24) is 5.32 Å². The van der Waals surface area contributed by atoms with Gasteiger partial charge in [-0.15, -0.1) is 0 Å². The highest BCUT2D eigenvalue weighted by Crippen LogP contribution is 1.98. The molecule has 0 rings (SSSR count). The predicted octanol–water partition coefficient (Wildman–Crippen LogP) is -0.973. The number of nitrogens with one attached hydrogen (secondary N) is 1. The van der Waals surface area contributed by atoms with Gasteiger partial charge in [-0.25, -0.2) is 13.2 Å². The lowest BCUT2D eigenvalue weighted by Gasteiger charge is -2.13. The molecular weight excluding hydrogens is 250 g/mol. The van der Waals surface area contributed by atoms with E-state index in [1.807, 2.05) is 0 Å². The molecule has 2 N–H and O–H groups in total. The number of carbonyl (C=O) groups is 2. The van der Waals surface area contributed by atoms with Gasteiger partial charge in [0.1, 0.15) is 11.8 Å². The van der Waals surface area contributed by atoms with Crippen LogP contribution in [-0.4, -0.2) is 57.2 Å². The number of rotatable bonds is 8. The van der Waals surface area contributed by atoms with Crippen LogP contribution in [0.4, 0.5) is 0 Å². The third kappa shape index (κ3) is 8.64. The van der Waals surface area contributed by atoms with Gasteiger partial charge >= 0.3 is 5.97 Å². The maximum absolute atomic E-state index is 11.2. The molecule has 1 atom stereocenters. The standard InChI is InChI=1S/C9H17NO6S/c1-16-5-3-4-7(9(12)13)10-8(11)6-17(2,14)15/h7H,3-6H2,1-2H3,(H,10,11)(H,12,13). The number of carboxylic acids is 1. The Hall–Kier alpha value is -1.15. The first-order chi connectivity index (χ1) is 7.76.